The first-order valence-electron chi connectivity index (χ1n) is 9.70. The van der Waals surface area contributed by atoms with Crippen molar-refractivity contribution in [2.75, 3.05) is 6.66 Å². The van der Waals surface area contributed by atoms with Gasteiger partial charge in [0, 0.05) is 13.8 Å². The molecule has 0 aromatic heterocycles. The molecule has 32 heavy (non-hydrogen) atoms. The fourth-order valence-electron chi connectivity index (χ4n) is 3.13. The molecule has 9 heteroatoms. The standard InChI is InChI=1S/C23H22O4P.3ClH.Zn/c1-17(24)26-19-9-13-22(14-10-19)28(3,21-7-5-4-6-8-21)23-15-11-20(12-16-23)27-18(2)25;;;;/h4-16H,1-3H3;3*1H;/q+1;;;;+2/p-3. The van der Waals surface area contributed by atoms with Crippen molar-refractivity contribution in [3.8, 4) is 11.5 Å². The van der Waals surface area contributed by atoms with Crippen LogP contribution in [-0.4, -0.2) is 18.6 Å². The molecule has 0 unspecified atom stereocenters. The Labute approximate surface area is 206 Å². The van der Waals surface area contributed by atoms with Crippen molar-refractivity contribution >= 4 is 64.2 Å². The number of ether oxygens (including phenoxy) is 2. The first-order valence-corrected chi connectivity index (χ1v) is 23.6. The van der Waals surface area contributed by atoms with Gasteiger partial charge >= 0.3 is 54.0 Å². The van der Waals surface area contributed by atoms with Crippen molar-refractivity contribution in [1.29, 1.82) is 0 Å². The molecule has 0 bridgehead atoms. The van der Waals surface area contributed by atoms with Gasteiger partial charge in [0.05, 0.1) is 6.66 Å². The Bertz CT molecular complexity index is 967. The molecule has 3 aromatic rings. The summed E-state index contributed by atoms with van der Waals surface area (Å²) in [4.78, 5) is 22.4. The van der Waals surface area contributed by atoms with Gasteiger partial charge in [0.25, 0.3) is 0 Å². The number of carbonyl (C=O) groups is 2. The van der Waals surface area contributed by atoms with E-state index in [0.717, 1.165) is 10.6 Å². The fraction of sp³-hybridized carbons (Fsp3) is 0.130. The van der Waals surface area contributed by atoms with E-state index >= 15 is 0 Å². The number of rotatable bonds is 5. The van der Waals surface area contributed by atoms with Crippen LogP contribution in [0.15, 0.2) is 78.9 Å². The Morgan fingerprint density at radius 1 is 0.656 bits per heavy atom. The molecular formula is C23H22Cl3O4PZn. The third kappa shape index (κ3) is 7.83. The van der Waals surface area contributed by atoms with Crippen LogP contribution in [0.1, 0.15) is 13.8 Å². The number of carbonyl (C=O) groups excluding carboxylic acids is 2. The van der Waals surface area contributed by atoms with Crippen molar-refractivity contribution in [3.05, 3.63) is 78.9 Å². The van der Waals surface area contributed by atoms with Crippen molar-refractivity contribution in [1.82, 2.24) is 0 Å². The first kappa shape index (κ1) is 26.8. The minimum absolute atomic E-state index is 0.338. The molecule has 0 amide bonds. The van der Waals surface area contributed by atoms with Gasteiger partial charge in [0.1, 0.15) is 34.7 Å². The van der Waals surface area contributed by atoms with Crippen molar-refractivity contribution in [3.63, 3.8) is 0 Å². The summed E-state index contributed by atoms with van der Waals surface area (Å²) in [6, 6.07) is 25.7. The summed E-state index contributed by atoms with van der Waals surface area (Å²) in [5.74, 6) is 0.381. The van der Waals surface area contributed by atoms with E-state index in [0.29, 0.717) is 11.5 Å². The van der Waals surface area contributed by atoms with Crippen LogP contribution >= 0.6 is 36.3 Å². The van der Waals surface area contributed by atoms with E-state index < -0.39 is 20.2 Å². The maximum atomic E-state index is 11.2. The van der Waals surface area contributed by atoms with Gasteiger partial charge in [-0.15, -0.1) is 0 Å². The van der Waals surface area contributed by atoms with Gasteiger partial charge in [-0.1, -0.05) is 18.2 Å². The molecule has 0 N–H and O–H groups in total. The molecule has 0 aliphatic carbocycles. The molecule has 0 fully saturated rings. The minimum atomic E-state index is -2.21. The SMILES string of the molecule is CC(=O)Oc1ccc([P+](C)(c2ccccc2)c2ccc(OC(C)=O)cc2)cc1.[Cl][Zn-]([Cl])[Cl]. The van der Waals surface area contributed by atoms with E-state index in [1.807, 2.05) is 66.7 Å². The van der Waals surface area contributed by atoms with Gasteiger partial charge in [-0.25, -0.2) is 0 Å². The Hall–Kier alpha value is -1.48. The van der Waals surface area contributed by atoms with Crippen molar-refractivity contribution in [2.24, 2.45) is 0 Å². The molecule has 0 radical (unpaired) electrons. The van der Waals surface area contributed by atoms with Gasteiger partial charge in [0.15, 0.2) is 0 Å². The summed E-state index contributed by atoms with van der Waals surface area (Å²) >= 11 is -2.21. The van der Waals surface area contributed by atoms with Crippen LogP contribution in [0.3, 0.4) is 0 Å². The monoisotopic (exact) mass is 562 g/mol. The molecule has 0 spiro atoms. The number of halogens is 3. The average molecular weight is 565 g/mol. The zero-order valence-electron chi connectivity index (χ0n) is 17.9. The van der Waals surface area contributed by atoms with Gasteiger partial charge in [-0.05, 0) is 60.7 Å². The summed E-state index contributed by atoms with van der Waals surface area (Å²) in [6.45, 7) is 5.03. The molecule has 166 valence electrons. The van der Waals surface area contributed by atoms with Crippen LogP contribution in [0.2, 0.25) is 0 Å². The number of hydrogen-bond acceptors (Lipinski definition) is 4. The van der Waals surface area contributed by atoms with E-state index in [4.69, 9.17) is 38.5 Å². The second-order valence-electron chi connectivity index (χ2n) is 6.82. The third-order valence-electron chi connectivity index (χ3n) is 4.50. The van der Waals surface area contributed by atoms with Gasteiger partial charge in [0.2, 0.25) is 0 Å². The summed E-state index contributed by atoms with van der Waals surface area (Å²) in [7, 11) is 13.1. The number of esters is 2. The van der Waals surface area contributed by atoms with Crippen LogP contribution in [0.4, 0.5) is 0 Å². The molecule has 0 aliphatic rings. The molecular weight excluding hydrogens is 543 g/mol. The normalized spacial score (nSPS) is 10.4. The topological polar surface area (TPSA) is 52.6 Å². The Kier molecular flexibility index (Phi) is 10.6. The van der Waals surface area contributed by atoms with Crippen LogP contribution < -0.4 is 25.4 Å². The molecule has 0 heterocycles. The Balaban J connectivity index is 0.000000837. The van der Waals surface area contributed by atoms with Gasteiger partial charge in [-0.3, -0.25) is 9.59 Å². The van der Waals surface area contributed by atoms with Crippen LogP contribution in [-0.2, 0) is 22.6 Å². The third-order valence-corrected chi connectivity index (χ3v) is 8.49. The van der Waals surface area contributed by atoms with Crippen LogP contribution in [0, 0.1) is 0 Å². The van der Waals surface area contributed by atoms with Crippen molar-refractivity contribution < 1.29 is 32.0 Å². The predicted octanol–water partition coefficient (Wildman–Crippen LogP) is 5.53. The quantitative estimate of drug-likeness (QED) is 0.177. The number of hydrogen-bond donors (Lipinski definition) is 0. The van der Waals surface area contributed by atoms with Crippen molar-refractivity contribution in [2.45, 2.75) is 13.8 Å². The Morgan fingerprint density at radius 2 is 0.969 bits per heavy atom. The van der Waals surface area contributed by atoms with Gasteiger partial charge < -0.3 is 9.47 Å². The second kappa shape index (κ2) is 12.7. The zero-order valence-corrected chi connectivity index (χ0v) is 24.1. The molecule has 3 rings (SSSR count). The predicted molar refractivity (Wildman–Crippen MR) is 131 cm³/mol. The molecule has 0 saturated heterocycles. The molecule has 0 atom stereocenters. The zero-order chi connectivity index (χ0) is 23.7. The Morgan fingerprint density at radius 3 is 1.28 bits per heavy atom. The van der Waals surface area contributed by atoms with Crippen LogP contribution in [0.25, 0.3) is 0 Å². The first-order chi connectivity index (χ1) is 15.1. The van der Waals surface area contributed by atoms with Gasteiger partial charge in [-0.2, -0.15) is 0 Å². The summed E-state index contributed by atoms with van der Waals surface area (Å²) in [5.41, 5.74) is 0. The summed E-state index contributed by atoms with van der Waals surface area (Å²) in [6.07, 6.45) is 0. The van der Waals surface area contributed by atoms with E-state index in [1.165, 1.54) is 19.2 Å². The maximum absolute atomic E-state index is 11.2. The summed E-state index contributed by atoms with van der Waals surface area (Å²) < 4.78 is 10.3. The molecule has 0 aliphatic heterocycles. The summed E-state index contributed by atoms with van der Waals surface area (Å²) in [5, 5.41) is 3.56. The second-order valence-corrected chi connectivity index (χ2v) is 24.3. The van der Waals surface area contributed by atoms with E-state index in [1.54, 1.807) is 0 Å². The molecule has 4 nitrogen and oxygen atoms in total. The van der Waals surface area contributed by atoms with Crippen LogP contribution in [0.5, 0.6) is 11.5 Å². The van der Waals surface area contributed by atoms with E-state index in [-0.39, 0.29) is 11.9 Å². The fourth-order valence-corrected chi connectivity index (χ4v) is 6.28. The molecule has 0 saturated carbocycles. The number of benzene rings is 3. The average Bonchev–Trinajstić information content (AvgIpc) is 2.74. The van der Waals surface area contributed by atoms with E-state index in [2.05, 4.69) is 18.8 Å². The molecule has 3 aromatic carbocycles. The van der Waals surface area contributed by atoms with E-state index in [9.17, 15) is 9.59 Å².